The van der Waals surface area contributed by atoms with Gasteiger partial charge in [0, 0.05) is 25.6 Å². The molecule has 0 unspecified atom stereocenters. The van der Waals surface area contributed by atoms with E-state index in [2.05, 4.69) is 5.32 Å². The molecule has 0 saturated heterocycles. The number of carbonyl (C=O) groups is 1. The zero-order valence-corrected chi connectivity index (χ0v) is 14.8. The number of nitrogens with one attached hydrogen (secondary N) is 1. The van der Waals surface area contributed by atoms with Gasteiger partial charge in [0.25, 0.3) is 0 Å². The standard InChI is InChI=1S/C15H24N2O5S/c1-5-9-17(23(4,19)20)10-8-15(18)16-13-7-6-12(21-2)11-14(13)22-3/h6-7,11H,5,8-10H2,1-4H3,(H,16,18). The summed E-state index contributed by atoms with van der Waals surface area (Å²) in [7, 11) is -0.266. The Morgan fingerprint density at radius 3 is 2.43 bits per heavy atom. The van der Waals surface area contributed by atoms with Crippen LogP contribution in [0.4, 0.5) is 5.69 Å². The number of carbonyl (C=O) groups excluding carboxylic acids is 1. The highest BCUT2D eigenvalue weighted by molar-refractivity contribution is 7.88. The molecule has 8 heteroatoms. The van der Waals surface area contributed by atoms with Crippen molar-refractivity contribution in [1.29, 1.82) is 0 Å². The molecule has 1 aromatic rings. The molecule has 7 nitrogen and oxygen atoms in total. The zero-order valence-electron chi connectivity index (χ0n) is 14.0. The highest BCUT2D eigenvalue weighted by Crippen LogP contribution is 2.29. The van der Waals surface area contributed by atoms with E-state index in [1.807, 2.05) is 6.92 Å². The molecule has 1 rings (SSSR count). The molecule has 0 aliphatic heterocycles. The highest BCUT2D eigenvalue weighted by atomic mass is 32.2. The van der Waals surface area contributed by atoms with Gasteiger partial charge in [-0.05, 0) is 18.6 Å². The average molecular weight is 344 g/mol. The normalized spacial score (nSPS) is 11.3. The summed E-state index contributed by atoms with van der Waals surface area (Å²) >= 11 is 0. The molecule has 130 valence electrons. The maximum absolute atomic E-state index is 12.1. The number of nitrogens with zero attached hydrogens (tertiary/aromatic N) is 1. The van der Waals surface area contributed by atoms with Crippen LogP contribution < -0.4 is 14.8 Å². The van der Waals surface area contributed by atoms with Crippen LogP contribution in [-0.4, -0.2) is 52.2 Å². The second kappa shape index (κ2) is 8.73. The Balaban J connectivity index is 2.70. The van der Waals surface area contributed by atoms with Crippen LogP contribution >= 0.6 is 0 Å². The Labute approximate surface area is 137 Å². The monoisotopic (exact) mass is 344 g/mol. The maximum Gasteiger partial charge on any atom is 0.225 e. The van der Waals surface area contributed by atoms with Gasteiger partial charge in [0.1, 0.15) is 11.5 Å². The first-order valence-corrected chi connectivity index (χ1v) is 9.13. The van der Waals surface area contributed by atoms with E-state index < -0.39 is 10.0 Å². The summed E-state index contributed by atoms with van der Waals surface area (Å²) in [6.45, 7) is 2.44. The average Bonchev–Trinajstić information content (AvgIpc) is 2.50. The molecular weight excluding hydrogens is 320 g/mol. The third kappa shape index (κ3) is 6.07. The van der Waals surface area contributed by atoms with Crippen molar-refractivity contribution in [2.75, 3.05) is 38.9 Å². The number of sulfonamides is 1. The van der Waals surface area contributed by atoms with Crippen molar-refractivity contribution < 1.29 is 22.7 Å². The van der Waals surface area contributed by atoms with Crippen LogP contribution in [0.5, 0.6) is 11.5 Å². The third-order valence-electron chi connectivity index (χ3n) is 3.21. The lowest BCUT2D eigenvalue weighted by Gasteiger charge is -2.19. The molecule has 0 radical (unpaired) electrons. The van der Waals surface area contributed by atoms with Crippen molar-refractivity contribution in [3.8, 4) is 11.5 Å². The highest BCUT2D eigenvalue weighted by Gasteiger charge is 2.17. The van der Waals surface area contributed by atoms with Gasteiger partial charge in [-0.3, -0.25) is 4.79 Å². The van der Waals surface area contributed by atoms with Crippen molar-refractivity contribution in [2.24, 2.45) is 0 Å². The zero-order chi connectivity index (χ0) is 17.5. The van der Waals surface area contributed by atoms with Crippen molar-refractivity contribution >= 4 is 21.6 Å². The minimum atomic E-state index is -3.31. The van der Waals surface area contributed by atoms with Crippen molar-refractivity contribution in [3.63, 3.8) is 0 Å². The third-order valence-corrected chi connectivity index (χ3v) is 4.52. The molecule has 0 aromatic heterocycles. The van der Waals surface area contributed by atoms with Crippen LogP contribution in [0.3, 0.4) is 0 Å². The van der Waals surface area contributed by atoms with E-state index in [1.54, 1.807) is 25.3 Å². The topological polar surface area (TPSA) is 84.9 Å². The van der Waals surface area contributed by atoms with E-state index in [4.69, 9.17) is 9.47 Å². The SMILES string of the molecule is CCCN(CCC(=O)Nc1ccc(OC)cc1OC)S(C)(=O)=O. The second-order valence-corrected chi connectivity index (χ2v) is 7.01. The molecule has 1 N–H and O–H groups in total. The number of rotatable bonds is 9. The van der Waals surface area contributed by atoms with Crippen molar-refractivity contribution in [1.82, 2.24) is 4.31 Å². The summed E-state index contributed by atoms with van der Waals surface area (Å²) in [6, 6.07) is 5.05. The van der Waals surface area contributed by atoms with Crippen LogP contribution in [0.15, 0.2) is 18.2 Å². The predicted octanol–water partition coefficient (Wildman–Crippen LogP) is 1.70. The Kier molecular flexibility index (Phi) is 7.31. The maximum atomic E-state index is 12.1. The van der Waals surface area contributed by atoms with Gasteiger partial charge in [-0.1, -0.05) is 6.92 Å². The largest absolute Gasteiger partial charge is 0.497 e. The molecule has 1 amide bonds. The van der Waals surface area contributed by atoms with Crippen LogP contribution in [0.2, 0.25) is 0 Å². The first-order valence-electron chi connectivity index (χ1n) is 7.28. The molecule has 0 atom stereocenters. The number of benzene rings is 1. The Bertz CT molecular complexity index is 631. The van der Waals surface area contributed by atoms with Crippen molar-refractivity contribution in [2.45, 2.75) is 19.8 Å². The van der Waals surface area contributed by atoms with Crippen LogP contribution in [0, 0.1) is 0 Å². The molecule has 0 saturated carbocycles. The molecule has 0 aliphatic rings. The molecule has 0 bridgehead atoms. The number of amides is 1. The smallest absolute Gasteiger partial charge is 0.225 e. The van der Waals surface area contributed by atoms with E-state index >= 15 is 0 Å². The molecule has 0 heterocycles. The Morgan fingerprint density at radius 1 is 1.22 bits per heavy atom. The summed E-state index contributed by atoms with van der Waals surface area (Å²) in [5, 5.41) is 2.72. The van der Waals surface area contributed by atoms with Gasteiger partial charge in [0.15, 0.2) is 0 Å². The van der Waals surface area contributed by atoms with E-state index in [1.165, 1.54) is 11.4 Å². The van der Waals surface area contributed by atoms with Gasteiger partial charge < -0.3 is 14.8 Å². The van der Waals surface area contributed by atoms with Crippen LogP contribution in [0.25, 0.3) is 0 Å². The van der Waals surface area contributed by atoms with Gasteiger partial charge in [-0.25, -0.2) is 12.7 Å². The number of hydrogen-bond donors (Lipinski definition) is 1. The van der Waals surface area contributed by atoms with Gasteiger partial charge >= 0.3 is 0 Å². The molecule has 0 spiro atoms. The summed E-state index contributed by atoms with van der Waals surface area (Å²) in [5.41, 5.74) is 0.514. The first-order chi connectivity index (χ1) is 10.8. The van der Waals surface area contributed by atoms with Gasteiger partial charge in [0.2, 0.25) is 15.9 Å². The number of methoxy groups -OCH3 is 2. The fourth-order valence-electron chi connectivity index (χ4n) is 2.03. The van der Waals surface area contributed by atoms with E-state index in [0.717, 1.165) is 6.26 Å². The first kappa shape index (κ1) is 19.2. The Hall–Kier alpha value is -1.80. The van der Waals surface area contributed by atoms with Gasteiger partial charge in [0.05, 0.1) is 26.2 Å². The fourth-order valence-corrected chi connectivity index (χ4v) is 2.97. The van der Waals surface area contributed by atoms with Crippen LogP contribution in [0.1, 0.15) is 19.8 Å². The predicted molar refractivity (Wildman–Crippen MR) is 89.5 cm³/mol. The van der Waals surface area contributed by atoms with Crippen LogP contribution in [-0.2, 0) is 14.8 Å². The minimum Gasteiger partial charge on any atom is -0.497 e. The summed E-state index contributed by atoms with van der Waals surface area (Å²) in [5.74, 6) is 0.815. The quantitative estimate of drug-likeness (QED) is 0.737. The van der Waals surface area contributed by atoms with E-state index in [-0.39, 0.29) is 18.9 Å². The Morgan fingerprint density at radius 2 is 1.91 bits per heavy atom. The number of anilines is 1. The molecular formula is C15H24N2O5S. The van der Waals surface area contributed by atoms with Gasteiger partial charge in [-0.15, -0.1) is 0 Å². The summed E-state index contributed by atoms with van der Waals surface area (Å²) < 4.78 is 34.9. The molecule has 0 aliphatic carbocycles. The lowest BCUT2D eigenvalue weighted by atomic mass is 10.2. The van der Waals surface area contributed by atoms with Gasteiger partial charge in [-0.2, -0.15) is 0 Å². The minimum absolute atomic E-state index is 0.0717. The molecule has 0 fully saturated rings. The number of hydrogen-bond acceptors (Lipinski definition) is 5. The molecule has 23 heavy (non-hydrogen) atoms. The fraction of sp³-hybridized carbons (Fsp3) is 0.533. The summed E-state index contributed by atoms with van der Waals surface area (Å²) in [6.07, 6.45) is 1.91. The lowest BCUT2D eigenvalue weighted by Crippen LogP contribution is -2.33. The summed E-state index contributed by atoms with van der Waals surface area (Å²) in [4.78, 5) is 12.1. The van der Waals surface area contributed by atoms with Crippen molar-refractivity contribution in [3.05, 3.63) is 18.2 Å². The second-order valence-electron chi connectivity index (χ2n) is 5.03. The number of ether oxygens (including phenoxy) is 2. The molecule has 1 aromatic carbocycles. The van der Waals surface area contributed by atoms with E-state index in [0.29, 0.717) is 30.2 Å². The van der Waals surface area contributed by atoms with E-state index in [9.17, 15) is 13.2 Å². The lowest BCUT2D eigenvalue weighted by molar-refractivity contribution is -0.116.